The van der Waals surface area contributed by atoms with Gasteiger partial charge in [-0.1, -0.05) is 107 Å². The van der Waals surface area contributed by atoms with Crippen molar-refractivity contribution >= 4 is 145 Å². The van der Waals surface area contributed by atoms with E-state index in [0.29, 0.717) is 44.1 Å². The summed E-state index contributed by atoms with van der Waals surface area (Å²) in [6.07, 6.45) is 2.79. The van der Waals surface area contributed by atoms with Crippen LogP contribution >= 0.6 is 110 Å². The number of anilines is 2. The first-order valence-corrected chi connectivity index (χ1v) is 21.3. The van der Waals surface area contributed by atoms with E-state index < -0.39 is 34.9 Å². The summed E-state index contributed by atoms with van der Waals surface area (Å²) in [6.45, 7) is 0.703. The summed E-state index contributed by atoms with van der Waals surface area (Å²) in [4.78, 5) is 57.2. The molecule has 2 aromatic heterocycles. The third-order valence-electron chi connectivity index (χ3n) is 7.86. The number of halogens is 8. The van der Waals surface area contributed by atoms with Crippen molar-refractivity contribution in [2.75, 3.05) is 10.6 Å². The minimum absolute atomic E-state index is 0.0335. The third-order valence-corrected chi connectivity index (χ3v) is 14.4. The summed E-state index contributed by atoms with van der Waals surface area (Å²) in [5, 5.41) is 23.0. The third kappa shape index (κ3) is 11.6. The zero-order valence-electron chi connectivity index (χ0n) is 29.9. The van der Waals surface area contributed by atoms with E-state index in [-0.39, 0.29) is 41.4 Å². The molecule has 60 heavy (non-hydrogen) atoms. The van der Waals surface area contributed by atoms with Gasteiger partial charge in [-0.05, 0) is 87.0 Å². The second-order valence-electron chi connectivity index (χ2n) is 11.8. The largest absolute Gasteiger partial charge is 0.478 e. The number of pyridine rings is 2. The van der Waals surface area contributed by atoms with Gasteiger partial charge >= 0.3 is 11.9 Å². The molecule has 6 rings (SSSR count). The Balaban J connectivity index is 0.000000228. The molecule has 0 atom stereocenters. The van der Waals surface area contributed by atoms with Gasteiger partial charge in [0.2, 0.25) is 11.8 Å². The fourth-order valence-corrected chi connectivity index (χ4v) is 8.51. The first-order valence-electron chi connectivity index (χ1n) is 16.7. The normalized spacial score (nSPS) is 10.5. The van der Waals surface area contributed by atoms with Crippen LogP contribution in [0.5, 0.6) is 11.8 Å². The SMILES string of the molecule is O=C(O)c1c(Br)c(Br)c(Br)c(Br)c1C(=O)Nc1ccc(OCc2ccccc2)nc1.O=C(O)c1c(Cl)c(Cl)c(Cl)c(Cl)c1C(=O)Nc1ccc(OCc2ccccc2)nc1. The smallest absolute Gasteiger partial charge is 0.338 e. The van der Waals surface area contributed by atoms with Crippen molar-refractivity contribution in [2.45, 2.75) is 13.2 Å². The van der Waals surface area contributed by atoms with Gasteiger partial charge in [0.1, 0.15) is 13.2 Å². The summed E-state index contributed by atoms with van der Waals surface area (Å²) in [5.74, 6) is -3.42. The van der Waals surface area contributed by atoms with Crippen LogP contribution in [0.25, 0.3) is 0 Å². The number of carboxylic acid groups (broad SMARTS) is 2. The van der Waals surface area contributed by atoms with Gasteiger partial charge in [-0.3, -0.25) is 9.59 Å². The molecule has 0 unspecified atom stereocenters. The predicted octanol–water partition coefficient (Wildman–Crippen LogP) is 12.9. The molecular weight excluding hydrogens is 1130 g/mol. The lowest BCUT2D eigenvalue weighted by molar-refractivity contribution is 0.0683. The summed E-state index contributed by atoms with van der Waals surface area (Å²) >= 11 is 37.0. The maximum atomic E-state index is 12.9. The Bertz CT molecular complexity index is 2400. The molecule has 0 spiro atoms. The van der Waals surface area contributed by atoms with Gasteiger partial charge in [0.15, 0.2) is 0 Å². The minimum Gasteiger partial charge on any atom is -0.478 e. The van der Waals surface area contributed by atoms with Crippen LogP contribution in [-0.2, 0) is 13.2 Å². The molecule has 6 aromatic rings. The lowest BCUT2D eigenvalue weighted by atomic mass is 10.1. The summed E-state index contributed by atoms with van der Waals surface area (Å²) in [5.41, 5.74) is 1.49. The zero-order chi connectivity index (χ0) is 43.7. The highest BCUT2D eigenvalue weighted by Crippen LogP contribution is 2.43. The molecule has 0 bridgehead atoms. The Labute approximate surface area is 395 Å². The van der Waals surface area contributed by atoms with Crippen LogP contribution in [-0.4, -0.2) is 43.9 Å². The number of ether oxygens (including phenoxy) is 2. The van der Waals surface area contributed by atoms with Crippen molar-refractivity contribution in [3.05, 3.63) is 169 Å². The molecule has 0 aliphatic heterocycles. The Hall–Kier alpha value is -4.26. The molecule has 4 aromatic carbocycles. The van der Waals surface area contributed by atoms with Crippen LogP contribution in [0, 0.1) is 0 Å². The van der Waals surface area contributed by atoms with Crippen LogP contribution in [0.4, 0.5) is 11.4 Å². The zero-order valence-corrected chi connectivity index (χ0v) is 39.3. The first kappa shape index (κ1) is 46.8. The number of rotatable bonds is 12. The second kappa shape index (κ2) is 21.5. The number of nitrogens with one attached hydrogen (secondary N) is 2. The van der Waals surface area contributed by atoms with Crippen molar-refractivity contribution in [3.63, 3.8) is 0 Å². The topological polar surface area (TPSA) is 177 Å². The molecule has 2 heterocycles. The van der Waals surface area contributed by atoms with Gasteiger partial charge in [0, 0.05) is 30.0 Å². The highest BCUT2D eigenvalue weighted by atomic mass is 79.9. The van der Waals surface area contributed by atoms with E-state index in [2.05, 4.69) is 84.3 Å². The van der Waals surface area contributed by atoms with Crippen molar-refractivity contribution < 1.29 is 38.9 Å². The quantitative estimate of drug-likeness (QED) is 0.0681. The summed E-state index contributed by atoms with van der Waals surface area (Å²) < 4.78 is 12.7. The average molecular weight is 1150 g/mol. The van der Waals surface area contributed by atoms with Gasteiger partial charge in [-0.2, -0.15) is 0 Å². The Morgan fingerprint density at radius 1 is 0.500 bits per heavy atom. The first-order chi connectivity index (χ1) is 28.6. The highest BCUT2D eigenvalue weighted by molar-refractivity contribution is 9.15. The van der Waals surface area contributed by atoms with E-state index in [1.807, 2.05) is 60.7 Å². The Morgan fingerprint density at radius 2 is 0.883 bits per heavy atom. The van der Waals surface area contributed by atoms with E-state index in [0.717, 1.165) is 11.1 Å². The number of aromatic carboxylic acids is 2. The van der Waals surface area contributed by atoms with Crippen LogP contribution in [0.15, 0.2) is 115 Å². The number of amides is 2. The number of carboxylic acids is 2. The van der Waals surface area contributed by atoms with E-state index >= 15 is 0 Å². The maximum absolute atomic E-state index is 12.9. The molecule has 12 nitrogen and oxygen atoms in total. The van der Waals surface area contributed by atoms with Crippen LogP contribution < -0.4 is 20.1 Å². The lowest BCUT2D eigenvalue weighted by Gasteiger charge is -2.15. The van der Waals surface area contributed by atoms with Gasteiger partial charge < -0.3 is 30.3 Å². The fourth-order valence-electron chi connectivity index (χ4n) is 5.02. The number of benzene rings is 4. The van der Waals surface area contributed by atoms with Crippen molar-refractivity contribution in [3.8, 4) is 11.8 Å². The molecule has 0 saturated heterocycles. The molecule has 308 valence electrons. The molecule has 4 N–H and O–H groups in total. The van der Waals surface area contributed by atoms with E-state index in [1.54, 1.807) is 24.3 Å². The summed E-state index contributed by atoms with van der Waals surface area (Å²) in [6, 6.07) is 25.6. The Morgan fingerprint density at radius 3 is 1.27 bits per heavy atom. The van der Waals surface area contributed by atoms with Crippen molar-refractivity contribution in [1.82, 2.24) is 9.97 Å². The molecule has 0 aliphatic rings. The van der Waals surface area contributed by atoms with Crippen LogP contribution in [0.1, 0.15) is 52.6 Å². The molecule has 0 saturated carbocycles. The predicted molar refractivity (Wildman–Crippen MR) is 244 cm³/mol. The van der Waals surface area contributed by atoms with Crippen LogP contribution in [0.3, 0.4) is 0 Å². The Kier molecular flexibility index (Phi) is 16.8. The molecule has 0 aliphatic carbocycles. The molecule has 20 heteroatoms. The average Bonchev–Trinajstić information content (AvgIpc) is 3.24. The molecule has 0 fully saturated rings. The van der Waals surface area contributed by atoms with Gasteiger partial charge in [-0.25, -0.2) is 19.6 Å². The van der Waals surface area contributed by atoms with Crippen molar-refractivity contribution in [2.24, 2.45) is 0 Å². The van der Waals surface area contributed by atoms with Gasteiger partial charge in [-0.15, -0.1) is 0 Å². The molecule has 2 amide bonds. The standard InChI is InChI=1S/C20H12Br4N2O4.C20H12Cl4N2O4/c2*21-15-13(14(20(28)29)16(22)18(24)17(15)23)19(27)26-11-6-7-12(25-8-11)30-9-10-4-2-1-3-5-10/h2*1-8H,9H2,(H,26,27)(H,28,29). The van der Waals surface area contributed by atoms with Crippen molar-refractivity contribution in [1.29, 1.82) is 0 Å². The van der Waals surface area contributed by atoms with E-state index in [9.17, 15) is 29.4 Å². The van der Waals surface area contributed by atoms with Crippen LogP contribution in [0.2, 0.25) is 20.1 Å². The number of carbonyl (C=O) groups is 4. The van der Waals surface area contributed by atoms with E-state index in [4.69, 9.17) is 55.9 Å². The van der Waals surface area contributed by atoms with E-state index in [1.165, 1.54) is 12.4 Å². The molecular formula is C40H24Br4Cl4N4O8. The summed E-state index contributed by atoms with van der Waals surface area (Å²) in [7, 11) is 0. The lowest BCUT2D eigenvalue weighted by Crippen LogP contribution is -2.18. The molecule has 0 radical (unpaired) electrons. The minimum atomic E-state index is -1.48. The maximum Gasteiger partial charge on any atom is 0.338 e. The highest BCUT2D eigenvalue weighted by Gasteiger charge is 2.30. The fraction of sp³-hybridized carbons (Fsp3) is 0.0500. The number of hydrogen-bond donors (Lipinski definition) is 4. The van der Waals surface area contributed by atoms with Gasteiger partial charge in [0.25, 0.3) is 11.8 Å². The monoisotopic (exact) mass is 1140 g/mol. The number of aromatic nitrogens is 2. The number of hydrogen-bond acceptors (Lipinski definition) is 8. The number of carbonyl (C=O) groups excluding carboxylic acids is 2. The van der Waals surface area contributed by atoms with Gasteiger partial charge in [0.05, 0.1) is 66.1 Å². The number of nitrogens with zero attached hydrogens (tertiary/aromatic N) is 2. The second-order valence-corrected chi connectivity index (χ2v) is 16.5.